The topological polar surface area (TPSA) is 56.3 Å². The van der Waals surface area contributed by atoms with Gasteiger partial charge in [-0.3, -0.25) is 4.18 Å². The summed E-state index contributed by atoms with van der Waals surface area (Å²) in [4.78, 5) is 3.96. The van der Waals surface area contributed by atoms with Gasteiger partial charge in [0.1, 0.15) is 6.61 Å². The lowest BCUT2D eigenvalue weighted by Crippen LogP contribution is -2.02. The van der Waals surface area contributed by atoms with Crippen LogP contribution in [0.4, 0.5) is 0 Å². The fourth-order valence-electron chi connectivity index (χ4n) is 0.516. The van der Waals surface area contributed by atoms with Crippen molar-refractivity contribution in [1.29, 1.82) is 0 Å². The molecule has 0 saturated heterocycles. The lowest BCUT2D eigenvalue weighted by atomic mass is 10.5. The Hall–Kier alpha value is 0.0200. The predicted molar refractivity (Wildman–Crippen MR) is 49.4 cm³/mol. The Morgan fingerprint density at radius 3 is 2.83 bits per heavy atom. The first-order valence-corrected chi connectivity index (χ1v) is 6.40. The Morgan fingerprint density at radius 1 is 1.75 bits per heavy atom. The van der Waals surface area contributed by atoms with Crippen LogP contribution in [-0.4, -0.2) is 19.7 Å². The van der Waals surface area contributed by atoms with E-state index in [2.05, 4.69) is 25.1 Å². The SMILES string of the molecule is CS(=O)(=O)OCc1csc(Br)n1. The molecule has 12 heavy (non-hydrogen) atoms. The van der Waals surface area contributed by atoms with Crippen LogP contribution >= 0.6 is 27.3 Å². The van der Waals surface area contributed by atoms with E-state index in [1.165, 1.54) is 11.3 Å². The van der Waals surface area contributed by atoms with Crippen molar-refractivity contribution in [3.05, 3.63) is 15.0 Å². The van der Waals surface area contributed by atoms with Crippen LogP contribution in [0.1, 0.15) is 5.69 Å². The molecule has 0 fully saturated rings. The van der Waals surface area contributed by atoms with Gasteiger partial charge < -0.3 is 0 Å². The van der Waals surface area contributed by atoms with Crippen LogP contribution in [-0.2, 0) is 20.9 Å². The molecular weight excluding hydrogens is 266 g/mol. The van der Waals surface area contributed by atoms with Crippen molar-refractivity contribution >= 4 is 37.4 Å². The number of thiazole rings is 1. The molecule has 0 radical (unpaired) electrons. The van der Waals surface area contributed by atoms with E-state index in [0.29, 0.717) is 5.69 Å². The molecule has 0 bridgehead atoms. The molecule has 68 valence electrons. The summed E-state index contributed by atoms with van der Waals surface area (Å²) in [5.41, 5.74) is 0.609. The van der Waals surface area contributed by atoms with Crippen LogP contribution in [0, 0.1) is 0 Å². The molecule has 0 atom stereocenters. The minimum Gasteiger partial charge on any atom is -0.264 e. The quantitative estimate of drug-likeness (QED) is 0.780. The molecule has 1 rings (SSSR count). The average Bonchev–Trinajstić information content (AvgIpc) is 2.30. The molecule has 0 aliphatic heterocycles. The van der Waals surface area contributed by atoms with Gasteiger partial charge in [0, 0.05) is 5.38 Å². The van der Waals surface area contributed by atoms with E-state index in [1.54, 1.807) is 5.38 Å². The molecule has 0 spiro atoms. The smallest absolute Gasteiger partial charge is 0.264 e. The van der Waals surface area contributed by atoms with Gasteiger partial charge in [0.2, 0.25) is 0 Å². The molecule has 0 aromatic carbocycles. The van der Waals surface area contributed by atoms with Crippen LogP contribution in [0.2, 0.25) is 0 Å². The molecule has 1 aromatic heterocycles. The van der Waals surface area contributed by atoms with Gasteiger partial charge in [-0.25, -0.2) is 4.98 Å². The number of hydrogen-bond acceptors (Lipinski definition) is 5. The van der Waals surface area contributed by atoms with E-state index >= 15 is 0 Å². The highest BCUT2D eigenvalue weighted by Gasteiger charge is 2.04. The van der Waals surface area contributed by atoms with Gasteiger partial charge >= 0.3 is 0 Å². The standard InChI is InChI=1S/C5H6BrNO3S2/c1-12(8,9)10-2-4-3-11-5(6)7-4/h3H,2H2,1H3. The summed E-state index contributed by atoms with van der Waals surface area (Å²) in [6.45, 7) is 0.000926. The molecular formula is C5H6BrNO3S2. The zero-order valence-corrected chi connectivity index (χ0v) is 9.37. The Kier molecular flexibility index (Phi) is 3.22. The summed E-state index contributed by atoms with van der Waals surface area (Å²) in [5, 5.41) is 1.73. The number of nitrogens with zero attached hydrogens (tertiary/aromatic N) is 1. The number of aromatic nitrogens is 1. The number of halogens is 1. The third-order valence-corrected chi connectivity index (χ3v) is 2.90. The third-order valence-electron chi connectivity index (χ3n) is 0.945. The molecule has 0 aliphatic rings. The van der Waals surface area contributed by atoms with Gasteiger partial charge in [0.25, 0.3) is 10.1 Å². The molecule has 0 unspecified atom stereocenters. The highest BCUT2D eigenvalue weighted by Crippen LogP contribution is 2.16. The van der Waals surface area contributed by atoms with Crippen molar-refractivity contribution in [2.24, 2.45) is 0 Å². The molecule has 0 N–H and O–H groups in total. The van der Waals surface area contributed by atoms with Gasteiger partial charge in [-0.2, -0.15) is 8.42 Å². The average molecular weight is 272 g/mol. The summed E-state index contributed by atoms with van der Waals surface area (Å²) in [6, 6.07) is 0. The maximum absolute atomic E-state index is 10.6. The molecule has 1 aromatic rings. The van der Waals surface area contributed by atoms with Gasteiger partial charge in [0.15, 0.2) is 3.92 Å². The third kappa shape index (κ3) is 3.61. The molecule has 1 heterocycles. The fraction of sp³-hybridized carbons (Fsp3) is 0.400. The van der Waals surface area contributed by atoms with Crippen molar-refractivity contribution < 1.29 is 12.6 Å². The maximum atomic E-state index is 10.6. The largest absolute Gasteiger partial charge is 0.264 e. The van der Waals surface area contributed by atoms with E-state index in [9.17, 15) is 8.42 Å². The Labute approximate surface area is 82.8 Å². The van der Waals surface area contributed by atoms with Crippen molar-refractivity contribution in [1.82, 2.24) is 4.98 Å². The normalized spacial score (nSPS) is 11.8. The van der Waals surface area contributed by atoms with Crippen LogP contribution < -0.4 is 0 Å². The zero-order valence-electron chi connectivity index (χ0n) is 6.15. The minimum absolute atomic E-state index is 0.000926. The second-order valence-corrected chi connectivity index (χ2v) is 5.84. The monoisotopic (exact) mass is 271 g/mol. The second kappa shape index (κ2) is 3.82. The van der Waals surface area contributed by atoms with Gasteiger partial charge in [0.05, 0.1) is 11.9 Å². The maximum Gasteiger partial charge on any atom is 0.264 e. The summed E-state index contributed by atoms with van der Waals surface area (Å²) in [5.74, 6) is 0. The van der Waals surface area contributed by atoms with Crippen LogP contribution in [0.25, 0.3) is 0 Å². The van der Waals surface area contributed by atoms with Crippen molar-refractivity contribution in [2.75, 3.05) is 6.26 Å². The molecule has 4 nitrogen and oxygen atoms in total. The van der Waals surface area contributed by atoms with Gasteiger partial charge in [-0.1, -0.05) is 0 Å². The van der Waals surface area contributed by atoms with Crippen LogP contribution in [0.3, 0.4) is 0 Å². The fourth-order valence-corrected chi connectivity index (χ4v) is 1.88. The molecule has 0 saturated carbocycles. The summed E-state index contributed by atoms with van der Waals surface area (Å²) in [6.07, 6.45) is 1.01. The second-order valence-electron chi connectivity index (χ2n) is 2.06. The van der Waals surface area contributed by atoms with E-state index < -0.39 is 10.1 Å². The lowest BCUT2D eigenvalue weighted by molar-refractivity contribution is 0.308. The summed E-state index contributed by atoms with van der Waals surface area (Å²) in [7, 11) is -3.36. The molecule has 0 amide bonds. The van der Waals surface area contributed by atoms with Crippen LogP contribution in [0.5, 0.6) is 0 Å². The lowest BCUT2D eigenvalue weighted by Gasteiger charge is -1.95. The van der Waals surface area contributed by atoms with Crippen molar-refractivity contribution in [3.63, 3.8) is 0 Å². The highest BCUT2D eigenvalue weighted by molar-refractivity contribution is 9.11. The van der Waals surface area contributed by atoms with E-state index in [-0.39, 0.29) is 6.61 Å². The first-order chi connectivity index (χ1) is 5.47. The van der Waals surface area contributed by atoms with E-state index in [0.717, 1.165) is 10.2 Å². The first-order valence-electron chi connectivity index (χ1n) is 2.92. The highest BCUT2D eigenvalue weighted by atomic mass is 79.9. The first kappa shape index (κ1) is 10.1. The van der Waals surface area contributed by atoms with Crippen LogP contribution in [0.15, 0.2) is 9.30 Å². The number of rotatable bonds is 3. The zero-order chi connectivity index (χ0) is 9.19. The summed E-state index contributed by atoms with van der Waals surface area (Å²) >= 11 is 4.54. The summed E-state index contributed by atoms with van der Waals surface area (Å²) < 4.78 is 26.3. The molecule has 0 aliphatic carbocycles. The van der Waals surface area contributed by atoms with E-state index in [1.807, 2.05) is 0 Å². The van der Waals surface area contributed by atoms with Gasteiger partial charge in [-0.05, 0) is 15.9 Å². The van der Waals surface area contributed by atoms with Crippen molar-refractivity contribution in [3.8, 4) is 0 Å². The van der Waals surface area contributed by atoms with Gasteiger partial charge in [-0.15, -0.1) is 11.3 Å². The Morgan fingerprint density at radius 2 is 2.42 bits per heavy atom. The van der Waals surface area contributed by atoms with Crippen molar-refractivity contribution in [2.45, 2.75) is 6.61 Å². The number of hydrogen-bond donors (Lipinski definition) is 0. The minimum atomic E-state index is -3.36. The Bertz CT molecular complexity index is 359. The molecule has 7 heteroatoms. The Balaban J connectivity index is 2.55. The predicted octanol–water partition coefficient (Wildman–Crippen LogP) is 1.38. The van der Waals surface area contributed by atoms with E-state index in [4.69, 9.17) is 0 Å².